The lowest BCUT2D eigenvalue weighted by Gasteiger charge is -2.63. The smallest absolute Gasteiger partial charge is 0.206 e. The minimum atomic E-state index is -1.85. The summed E-state index contributed by atoms with van der Waals surface area (Å²) >= 11 is 0. The van der Waals surface area contributed by atoms with E-state index in [1.165, 1.54) is 26.2 Å². The van der Waals surface area contributed by atoms with E-state index in [0.717, 1.165) is 0 Å². The van der Waals surface area contributed by atoms with Crippen molar-refractivity contribution in [2.24, 2.45) is 0 Å². The summed E-state index contributed by atoms with van der Waals surface area (Å²) in [7, 11) is -1.17. The maximum Gasteiger partial charge on any atom is 0.206 e. The summed E-state index contributed by atoms with van der Waals surface area (Å²) in [6, 6.07) is 0. The zero-order valence-electron chi connectivity index (χ0n) is 20.5. The molecule has 0 bridgehead atoms. The molecule has 0 aliphatic carbocycles. The quantitative estimate of drug-likeness (QED) is 0.364. The second-order valence-corrected chi connectivity index (χ2v) is 19.9. The monoisotopic (exact) mass is 401 g/mol. The summed E-state index contributed by atoms with van der Waals surface area (Å²) in [5.74, 6) is 0. The first-order chi connectivity index (χ1) is 12.0. The highest BCUT2D eigenvalue weighted by atomic mass is 28.4. The molecule has 26 heavy (non-hydrogen) atoms. The predicted octanol–water partition coefficient (Wildman–Crippen LogP) is 6.13. The van der Waals surface area contributed by atoms with Crippen LogP contribution in [0.3, 0.4) is 0 Å². The molecule has 0 atom stereocenters. The molecule has 0 amide bonds. The van der Waals surface area contributed by atoms with Crippen molar-refractivity contribution in [2.75, 3.05) is 33.2 Å². The van der Waals surface area contributed by atoms with E-state index >= 15 is 0 Å². The fourth-order valence-electron chi connectivity index (χ4n) is 6.51. The van der Waals surface area contributed by atoms with Gasteiger partial charge in [0.05, 0.1) is 0 Å². The summed E-state index contributed by atoms with van der Waals surface area (Å²) in [4.78, 5) is 0. The second-order valence-electron chi connectivity index (χ2n) is 9.09. The van der Waals surface area contributed by atoms with E-state index in [1.54, 1.807) is 0 Å². The van der Waals surface area contributed by atoms with Gasteiger partial charge in [0.1, 0.15) is 0 Å². The summed E-state index contributed by atoms with van der Waals surface area (Å²) in [6.07, 6.45) is 0. The van der Waals surface area contributed by atoms with Crippen LogP contribution in [0.25, 0.3) is 0 Å². The molecule has 0 unspecified atom stereocenters. The molecule has 0 aliphatic heterocycles. The lowest BCUT2D eigenvalue weighted by molar-refractivity contribution is 0.346. The van der Waals surface area contributed by atoms with Gasteiger partial charge in [-0.05, 0) is 55.4 Å². The highest BCUT2D eigenvalue weighted by Gasteiger charge is 2.60. The van der Waals surface area contributed by atoms with Crippen LogP contribution >= 0.6 is 0 Å². The summed E-state index contributed by atoms with van der Waals surface area (Å²) < 4.78 is 8.85. The molecule has 0 rings (SSSR count). The predicted molar refractivity (Wildman–Crippen MR) is 126 cm³/mol. The van der Waals surface area contributed by atoms with Gasteiger partial charge in [-0.15, -0.1) is 0 Å². The molecule has 0 fully saturated rings. The molecule has 0 saturated heterocycles. The van der Waals surface area contributed by atoms with Crippen molar-refractivity contribution >= 4 is 16.8 Å². The van der Waals surface area contributed by atoms with Gasteiger partial charge in [-0.25, -0.2) is 0 Å². The van der Waals surface area contributed by atoms with Crippen LogP contribution in [0.1, 0.15) is 83.1 Å². The van der Waals surface area contributed by atoms with Crippen LogP contribution in [0.5, 0.6) is 0 Å². The van der Waals surface area contributed by atoms with E-state index in [1.807, 2.05) is 0 Å². The van der Waals surface area contributed by atoms with Crippen LogP contribution in [0.4, 0.5) is 0 Å². The number of nitrogens with zero attached hydrogens (tertiary/aromatic N) is 3. The molecule has 0 aliphatic rings. The van der Waals surface area contributed by atoms with Gasteiger partial charge < -0.3 is 13.4 Å². The average Bonchev–Trinajstić information content (AvgIpc) is 2.54. The Bertz CT molecular complexity index is 337. The molecule has 0 aromatic rings. The van der Waals surface area contributed by atoms with E-state index in [9.17, 15) is 0 Å². The average molecular weight is 402 g/mol. The Morgan fingerprint density at radius 1 is 0.500 bits per heavy atom. The SMILES string of the molecule is CCN(CC)[Si](C(C)C)(C(C)C)N(C)[Si](C(C)C)(C(C)C)N(CC)CC. The minimum absolute atomic E-state index is 0.715. The van der Waals surface area contributed by atoms with Gasteiger partial charge in [0.2, 0.25) is 16.8 Å². The Labute approximate surface area is 168 Å². The molecule has 0 N–H and O–H groups in total. The zero-order chi connectivity index (χ0) is 20.9. The molecule has 0 heterocycles. The van der Waals surface area contributed by atoms with Crippen molar-refractivity contribution in [1.82, 2.24) is 13.4 Å². The van der Waals surface area contributed by atoms with E-state index in [4.69, 9.17) is 0 Å². The zero-order valence-corrected chi connectivity index (χ0v) is 22.5. The topological polar surface area (TPSA) is 9.72 Å². The first-order valence-corrected chi connectivity index (χ1v) is 15.3. The van der Waals surface area contributed by atoms with Gasteiger partial charge in [-0.3, -0.25) is 0 Å². The number of hydrogen-bond donors (Lipinski definition) is 0. The standard InChI is InChI=1S/C21H51N3Si2/c1-14-23(15-2)25(18(5)6,19(7)8)22(13)26(20(9)10,21(11)12)24(16-3)17-4/h18-21H,14-17H2,1-13H3. The maximum absolute atomic E-state index is 3.07. The van der Waals surface area contributed by atoms with Crippen molar-refractivity contribution < 1.29 is 0 Å². The van der Waals surface area contributed by atoms with Crippen LogP contribution < -0.4 is 0 Å². The van der Waals surface area contributed by atoms with Gasteiger partial charge in [0.25, 0.3) is 0 Å². The van der Waals surface area contributed by atoms with Crippen LogP contribution in [0.2, 0.25) is 22.2 Å². The minimum Gasteiger partial charge on any atom is -0.323 e. The van der Waals surface area contributed by atoms with Crippen LogP contribution in [-0.2, 0) is 0 Å². The third-order valence-electron chi connectivity index (χ3n) is 7.01. The van der Waals surface area contributed by atoms with Crippen LogP contribution in [0, 0.1) is 0 Å². The molecule has 158 valence electrons. The molecular weight excluding hydrogens is 350 g/mol. The first kappa shape index (κ1) is 26.3. The highest BCUT2D eigenvalue weighted by Crippen LogP contribution is 2.47. The summed E-state index contributed by atoms with van der Waals surface area (Å²) in [5, 5.41) is 0. The fraction of sp³-hybridized carbons (Fsp3) is 1.00. The normalized spacial score (nSPS) is 14.3. The van der Waals surface area contributed by atoms with Gasteiger partial charge in [0, 0.05) is 0 Å². The Morgan fingerprint density at radius 3 is 0.808 bits per heavy atom. The van der Waals surface area contributed by atoms with Crippen molar-refractivity contribution in [3.8, 4) is 0 Å². The first-order valence-electron chi connectivity index (χ1n) is 11.2. The van der Waals surface area contributed by atoms with Crippen molar-refractivity contribution in [3.63, 3.8) is 0 Å². The second kappa shape index (κ2) is 10.7. The lowest BCUT2D eigenvalue weighted by Crippen LogP contribution is -2.81. The maximum atomic E-state index is 3.07. The molecule has 0 radical (unpaired) electrons. The molecule has 3 nitrogen and oxygen atoms in total. The third kappa shape index (κ3) is 4.17. The number of rotatable bonds is 12. The Hall–Kier alpha value is 0.314. The molecule has 0 saturated carbocycles. The van der Waals surface area contributed by atoms with Gasteiger partial charge in [-0.1, -0.05) is 83.1 Å². The fourth-order valence-corrected chi connectivity index (χ4v) is 24.3. The van der Waals surface area contributed by atoms with Crippen molar-refractivity contribution in [3.05, 3.63) is 0 Å². The molecule has 0 aromatic carbocycles. The van der Waals surface area contributed by atoms with Gasteiger partial charge in [-0.2, -0.15) is 0 Å². The van der Waals surface area contributed by atoms with Gasteiger partial charge in [0.15, 0.2) is 0 Å². The Kier molecular flexibility index (Phi) is 10.9. The summed E-state index contributed by atoms with van der Waals surface area (Å²) in [5.41, 5.74) is 2.86. The molecule has 0 aromatic heterocycles. The largest absolute Gasteiger partial charge is 0.323 e. The van der Waals surface area contributed by atoms with Crippen molar-refractivity contribution in [1.29, 1.82) is 0 Å². The van der Waals surface area contributed by atoms with E-state index in [-0.39, 0.29) is 0 Å². The summed E-state index contributed by atoms with van der Waals surface area (Å²) in [6.45, 7) is 34.2. The van der Waals surface area contributed by atoms with Crippen LogP contribution in [0.15, 0.2) is 0 Å². The van der Waals surface area contributed by atoms with E-state index in [2.05, 4.69) is 103 Å². The Balaban J connectivity index is 6.87. The molecule has 5 heteroatoms. The van der Waals surface area contributed by atoms with Gasteiger partial charge >= 0.3 is 0 Å². The molecule has 0 spiro atoms. The van der Waals surface area contributed by atoms with E-state index < -0.39 is 16.8 Å². The molecular formula is C21H51N3Si2. The Morgan fingerprint density at radius 2 is 0.692 bits per heavy atom. The van der Waals surface area contributed by atoms with Crippen LogP contribution in [-0.4, -0.2) is 63.4 Å². The van der Waals surface area contributed by atoms with Crippen molar-refractivity contribution in [2.45, 2.75) is 105 Å². The third-order valence-corrected chi connectivity index (χ3v) is 21.4. The van der Waals surface area contributed by atoms with E-state index in [0.29, 0.717) is 22.2 Å². The lowest BCUT2D eigenvalue weighted by atomic mass is 10.5. The highest BCUT2D eigenvalue weighted by molar-refractivity contribution is 6.92. The number of hydrogen-bond acceptors (Lipinski definition) is 3.